The first-order valence-electron chi connectivity index (χ1n) is 7.40. The first-order valence-corrected chi connectivity index (χ1v) is 7.40. The molecular formula is C14H27N3O. The summed E-state index contributed by atoms with van der Waals surface area (Å²) in [5, 5.41) is 3.11. The highest BCUT2D eigenvalue weighted by Crippen LogP contribution is 2.39. The summed E-state index contributed by atoms with van der Waals surface area (Å²) in [7, 11) is 0. The molecule has 1 heterocycles. The maximum absolute atomic E-state index is 12.2. The lowest BCUT2D eigenvalue weighted by Crippen LogP contribution is -2.53. The van der Waals surface area contributed by atoms with Crippen molar-refractivity contribution in [1.29, 1.82) is 0 Å². The van der Waals surface area contributed by atoms with E-state index in [0.29, 0.717) is 12.6 Å². The molecule has 2 fully saturated rings. The van der Waals surface area contributed by atoms with Crippen LogP contribution in [0.15, 0.2) is 0 Å². The Hall–Kier alpha value is -0.610. The monoisotopic (exact) mass is 253 g/mol. The van der Waals surface area contributed by atoms with Gasteiger partial charge in [0.05, 0.1) is 5.41 Å². The van der Waals surface area contributed by atoms with E-state index in [4.69, 9.17) is 5.73 Å². The summed E-state index contributed by atoms with van der Waals surface area (Å²) < 4.78 is 0. The van der Waals surface area contributed by atoms with Crippen molar-refractivity contribution in [3.63, 3.8) is 0 Å². The number of nitrogens with one attached hydrogen (secondary N) is 1. The van der Waals surface area contributed by atoms with Crippen molar-refractivity contribution in [2.45, 2.75) is 51.5 Å². The number of hydrogen-bond donors (Lipinski definition) is 2. The predicted molar refractivity (Wildman–Crippen MR) is 73.2 cm³/mol. The second-order valence-electron chi connectivity index (χ2n) is 5.99. The predicted octanol–water partition coefficient (Wildman–Crippen LogP) is 1.11. The largest absolute Gasteiger partial charge is 0.354 e. The summed E-state index contributed by atoms with van der Waals surface area (Å²) in [5.41, 5.74) is 5.51. The Bertz CT molecular complexity index is 277. The van der Waals surface area contributed by atoms with Gasteiger partial charge >= 0.3 is 0 Å². The molecule has 4 heteroatoms. The van der Waals surface area contributed by atoms with Gasteiger partial charge in [-0.3, -0.25) is 9.69 Å². The Morgan fingerprint density at radius 2 is 1.94 bits per heavy atom. The van der Waals surface area contributed by atoms with E-state index in [1.165, 1.54) is 32.4 Å². The van der Waals surface area contributed by atoms with Crippen LogP contribution in [0, 0.1) is 5.41 Å². The smallest absolute Gasteiger partial charge is 0.227 e. The number of amides is 1. The highest BCUT2D eigenvalue weighted by Gasteiger charge is 2.42. The quantitative estimate of drug-likeness (QED) is 0.771. The summed E-state index contributed by atoms with van der Waals surface area (Å²) in [5.74, 6) is 0.181. The van der Waals surface area contributed by atoms with Crippen LogP contribution in [0.5, 0.6) is 0 Å². The molecule has 0 spiro atoms. The van der Waals surface area contributed by atoms with Gasteiger partial charge in [-0.25, -0.2) is 0 Å². The van der Waals surface area contributed by atoms with Crippen molar-refractivity contribution in [3.05, 3.63) is 0 Å². The van der Waals surface area contributed by atoms with Gasteiger partial charge in [0, 0.05) is 19.1 Å². The lowest BCUT2D eigenvalue weighted by atomic mass is 9.68. The van der Waals surface area contributed by atoms with Crippen molar-refractivity contribution >= 4 is 5.91 Å². The van der Waals surface area contributed by atoms with Crippen molar-refractivity contribution in [2.24, 2.45) is 11.1 Å². The van der Waals surface area contributed by atoms with Gasteiger partial charge < -0.3 is 11.1 Å². The molecule has 1 saturated heterocycles. The van der Waals surface area contributed by atoms with Crippen LogP contribution in [0.25, 0.3) is 0 Å². The molecule has 1 aliphatic carbocycles. The van der Waals surface area contributed by atoms with Crippen LogP contribution in [0.2, 0.25) is 0 Å². The average Bonchev–Trinajstić information content (AvgIpc) is 2.36. The van der Waals surface area contributed by atoms with Crippen molar-refractivity contribution in [1.82, 2.24) is 10.2 Å². The molecule has 2 rings (SSSR count). The first kappa shape index (κ1) is 13.8. The Kier molecular flexibility index (Phi) is 4.62. The van der Waals surface area contributed by atoms with Gasteiger partial charge in [0.15, 0.2) is 0 Å². The van der Waals surface area contributed by atoms with Gasteiger partial charge in [0.25, 0.3) is 0 Å². The third kappa shape index (κ3) is 2.86. The van der Waals surface area contributed by atoms with Gasteiger partial charge in [0.2, 0.25) is 5.91 Å². The molecular weight excluding hydrogens is 226 g/mol. The van der Waals surface area contributed by atoms with E-state index in [2.05, 4.69) is 17.1 Å². The van der Waals surface area contributed by atoms with E-state index in [9.17, 15) is 4.79 Å². The van der Waals surface area contributed by atoms with Crippen LogP contribution in [0.1, 0.15) is 45.4 Å². The van der Waals surface area contributed by atoms with E-state index in [-0.39, 0.29) is 11.3 Å². The minimum Gasteiger partial charge on any atom is -0.354 e. The number of piperidine rings is 1. The van der Waals surface area contributed by atoms with E-state index < -0.39 is 0 Å². The molecule has 1 saturated carbocycles. The second kappa shape index (κ2) is 6.02. The zero-order valence-electron chi connectivity index (χ0n) is 11.6. The number of carbonyl (C=O) groups excluding carboxylic acids is 1. The van der Waals surface area contributed by atoms with Gasteiger partial charge in [0.1, 0.15) is 0 Å². The zero-order valence-corrected chi connectivity index (χ0v) is 11.6. The SMILES string of the molecule is CC(CNC(=O)C1(CN)CCC1)N1CCCCC1. The van der Waals surface area contributed by atoms with Crippen LogP contribution < -0.4 is 11.1 Å². The lowest BCUT2D eigenvalue weighted by Gasteiger charge is -2.40. The van der Waals surface area contributed by atoms with Crippen LogP contribution >= 0.6 is 0 Å². The highest BCUT2D eigenvalue weighted by atomic mass is 16.2. The summed E-state index contributed by atoms with van der Waals surface area (Å²) in [6.07, 6.45) is 7.02. The number of nitrogens with zero attached hydrogens (tertiary/aromatic N) is 1. The summed E-state index contributed by atoms with van der Waals surface area (Å²) in [6.45, 7) is 5.83. The molecule has 1 unspecified atom stereocenters. The number of carbonyl (C=O) groups is 1. The topological polar surface area (TPSA) is 58.4 Å². The number of likely N-dealkylation sites (tertiary alicyclic amines) is 1. The average molecular weight is 253 g/mol. The number of rotatable bonds is 5. The number of hydrogen-bond acceptors (Lipinski definition) is 3. The lowest BCUT2D eigenvalue weighted by molar-refractivity contribution is -0.135. The third-order valence-corrected chi connectivity index (χ3v) is 4.76. The van der Waals surface area contributed by atoms with Gasteiger partial charge in [-0.2, -0.15) is 0 Å². The molecule has 104 valence electrons. The zero-order chi connectivity index (χ0) is 13.0. The molecule has 0 aromatic rings. The van der Waals surface area contributed by atoms with E-state index >= 15 is 0 Å². The summed E-state index contributed by atoms with van der Waals surface area (Å²) in [4.78, 5) is 14.6. The Labute approximate surface area is 110 Å². The highest BCUT2D eigenvalue weighted by molar-refractivity contribution is 5.83. The van der Waals surface area contributed by atoms with Gasteiger partial charge in [-0.05, 0) is 45.7 Å². The molecule has 4 nitrogen and oxygen atoms in total. The normalized spacial score (nSPS) is 25.2. The molecule has 0 aromatic heterocycles. The fraction of sp³-hybridized carbons (Fsp3) is 0.929. The molecule has 2 aliphatic rings. The van der Waals surface area contributed by atoms with Gasteiger partial charge in [-0.1, -0.05) is 12.8 Å². The fourth-order valence-corrected chi connectivity index (χ4v) is 3.04. The minimum atomic E-state index is -0.235. The molecule has 1 atom stereocenters. The molecule has 0 radical (unpaired) electrons. The van der Waals surface area contributed by atoms with Crippen LogP contribution in [0.4, 0.5) is 0 Å². The summed E-state index contributed by atoms with van der Waals surface area (Å²) in [6, 6.07) is 0.448. The van der Waals surface area contributed by atoms with Gasteiger partial charge in [-0.15, -0.1) is 0 Å². The Morgan fingerprint density at radius 3 is 2.44 bits per heavy atom. The van der Waals surface area contributed by atoms with Crippen LogP contribution in [-0.4, -0.2) is 43.0 Å². The Morgan fingerprint density at radius 1 is 1.28 bits per heavy atom. The van der Waals surface area contributed by atoms with Crippen LogP contribution in [0.3, 0.4) is 0 Å². The third-order valence-electron chi connectivity index (χ3n) is 4.76. The van der Waals surface area contributed by atoms with Crippen molar-refractivity contribution in [3.8, 4) is 0 Å². The Balaban J connectivity index is 1.74. The first-order chi connectivity index (χ1) is 8.68. The molecule has 0 bridgehead atoms. The maximum atomic E-state index is 12.2. The standard InChI is InChI=1S/C14H27N3O/c1-12(17-8-3-2-4-9-17)10-16-13(18)14(11-15)6-5-7-14/h12H,2-11,15H2,1H3,(H,16,18). The number of nitrogens with two attached hydrogens (primary N) is 1. The fourth-order valence-electron chi connectivity index (χ4n) is 3.04. The van der Waals surface area contributed by atoms with E-state index in [1.807, 2.05) is 0 Å². The molecule has 0 aromatic carbocycles. The van der Waals surface area contributed by atoms with Crippen molar-refractivity contribution < 1.29 is 4.79 Å². The molecule has 1 aliphatic heterocycles. The maximum Gasteiger partial charge on any atom is 0.227 e. The van der Waals surface area contributed by atoms with Crippen molar-refractivity contribution in [2.75, 3.05) is 26.2 Å². The molecule has 3 N–H and O–H groups in total. The van der Waals surface area contributed by atoms with Crippen LogP contribution in [-0.2, 0) is 4.79 Å². The molecule has 1 amide bonds. The minimum absolute atomic E-state index is 0.181. The molecule has 18 heavy (non-hydrogen) atoms. The second-order valence-corrected chi connectivity index (χ2v) is 5.99. The van der Waals surface area contributed by atoms with E-state index in [0.717, 1.165) is 25.8 Å². The van der Waals surface area contributed by atoms with E-state index in [1.54, 1.807) is 0 Å². The summed E-state index contributed by atoms with van der Waals surface area (Å²) >= 11 is 0.